The average Bonchev–Trinajstić information content (AvgIpc) is 3.21. The van der Waals surface area contributed by atoms with Crippen LogP contribution in [0.15, 0.2) is 47.1 Å². The van der Waals surface area contributed by atoms with E-state index in [-0.39, 0.29) is 11.9 Å². The van der Waals surface area contributed by atoms with Gasteiger partial charge in [0, 0.05) is 58.1 Å². The van der Waals surface area contributed by atoms with E-state index in [0.29, 0.717) is 42.1 Å². The Labute approximate surface area is 174 Å². The van der Waals surface area contributed by atoms with Gasteiger partial charge in [-0.05, 0) is 24.3 Å². The molecular weight excluding hydrogens is 444 g/mol. The van der Waals surface area contributed by atoms with Gasteiger partial charge >= 0.3 is 5.97 Å². The Morgan fingerprint density at radius 2 is 1.96 bits per heavy atom. The van der Waals surface area contributed by atoms with Crippen LogP contribution in [0.25, 0.3) is 10.9 Å². The summed E-state index contributed by atoms with van der Waals surface area (Å²) in [5.74, 6) is -0.312. The molecule has 1 fully saturated rings. The fraction of sp³-hybridized carbons (Fsp3) is 0.238. The minimum atomic E-state index is -0.627. The molecule has 0 atom stereocenters. The topological polar surface area (TPSA) is 62.4 Å². The number of amides is 1. The van der Waals surface area contributed by atoms with Crippen molar-refractivity contribution < 1.29 is 14.3 Å². The number of benzene rings is 2. The van der Waals surface area contributed by atoms with Crippen LogP contribution in [0.4, 0.5) is 0 Å². The third-order valence-corrected chi connectivity index (χ3v) is 6.44. The predicted octanol–water partition coefficient (Wildman–Crippen LogP) is 4.89. The van der Waals surface area contributed by atoms with Crippen LogP contribution in [-0.4, -0.2) is 34.8 Å². The van der Waals surface area contributed by atoms with Gasteiger partial charge in [-0.2, -0.15) is 0 Å². The highest BCUT2D eigenvalue weighted by Gasteiger charge is 2.48. The first-order chi connectivity index (χ1) is 13.5. The van der Waals surface area contributed by atoms with E-state index in [9.17, 15) is 9.59 Å². The quantitative estimate of drug-likeness (QED) is 0.527. The van der Waals surface area contributed by atoms with Crippen LogP contribution >= 0.6 is 27.5 Å². The van der Waals surface area contributed by atoms with Gasteiger partial charge in [-0.15, -0.1) is 0 Å². The molecule has 1 N–H and O–H groups in total. The second-order valence-corrected chi connectivity index (χ2v) is 8.61. The van der Waals surface area contributed by atoms with Gasteiger partial charge in [-0.25, -0.2) is 4.79 Å². The molecule has 0 radical (unpaired) electrons. The molecule has 142 valence electrons. The fourth-order valence-corrected chi connectivity index (χ4v) is 4.79. The summed E-state index contributed by atoms with van der Waals surface area (Å²) >= 11 is 9.44. The van der Waals surface area contributed by atoms with Crippen molar-refractivity contribution in [2.75, 3.05) is 13.1 Å². The zero-order chi connectivity index (χ0) is 19.5. The molecule has 0 bridgehead atoms. The first-order valence-electron chi connectivity index (χ1n) is 9.06. The zero-order valence-electron chi connectivity index (χ0n) is 14.8. The van der Waals surface area contributed by atoms with Gasteiger partial charge in [0.15, 0.2) is 0 Å². The molecule has 1 spiro atoms. The summed E-state index contributed by atoms with van der Waals surface area (Å²) in [6.45, 7) is 1.06. The normalized spacial score (nSPS) is 17.8. The number of nitrogens with zero attached hydrogens (tertiary/aromatic N) is 1. The Balaban J connectivity index is 1.39. The van der Waals surface area contributed by atoms with Gasteiger partial charge in [-0.3, -0.25) is 4.79 Å². The third kappa shape index (κ3) is 2.66. The number of esters is 1. The number of nitrogens with one attached hydrogen (secondary N) is 1. The molecule has 7 heteroatoms. The number of likely N-dealkylation sites (tertiary alicyclic amines) is 1. The molecule has 1 saturated heterocycles. The summed E-state index contributed by atoms with van der Waals surface area (Å²) in [6.07, 6.45) is 2.91. The van der Waals surface area contributed by atoms with E-state index in [1.54, 1.807) is 18.3 Å². The second-order valence-electron chi connectivity index (χ2n) is 7.26. The number of ether oxygens (including phenoxy) is 1. The molecule has 2 aliphatic heterocycles. The Hall–Kier alpha value is -2.31. The maximum atomic E-state index is 13.1. The molecule has 0 unspecified atom stereocenters. The second kappa shape index (κ2) is 6.36. The predicted molar refractivity (Wildman–Crippen MR) is 110 cm³/mol. The number of hydrogen-bond acceptors (Lipinski definition) is 3. The minimum Gasteiger partial charge on any atom is -0.450 e. The number of aromatic amines is 1. The lowest BCUT2D eigenvalue weighted by molar-refractivity contribution is -0.0389. The molecule has 1 aromatic heterocycles. The monoisotopic (exact) mass is 458 g/mol. The molecule has 0 aliphatic carbocycles. The van der Waals surface area contributed by atoms with Crippen molar-refractivity contribution in [2.45, 2.75) is 18.4 Å². The van der Waals surface area contributed by atoms with Gasteiger partial charge in [0.2, 0.25) is 0 Å². The Bertz CT molecular complexity index is 1130. The van der Waals surface area contributed by atoms with Crippen molar-refractivity contribution in [1.82, 2.24) is 9.88 Å². The Morgan fingerprint density at radius 3 is 2.75 bits per heavy atom. The maximum Gasteiger partial charge on any atom is 0.339 e. The molecule has 3 aromatic rings. The summed E-state index contributed by atoms with van der Waals surface area (Å²) in [6, 6.07) is 11.1. The van der Waals surface area contributed by atoms with Crippen LogP contribution in [0.5, 0.6) is 0 Å². The van der Waals surface area contributed by atoms with Crippen molar-refractivity contribution in [2.24, 2.45) is 0 Å². The van der Waals surface area contributed by atoms with Gasteiger partial charge in [0.25, 0.3) is 5.91 Å². The Kier molecular flexibility index (Phi) is 4.03. The first-order valence-corrected chi connectivity index (χ1v) is 10.2. The average molecular weight is 460 g/mol. The van der Waals surface area contributed by atoms with Gasteiger partial charge in [0.1, 0.15) is 5.60 Å². The Morgan fingerprint density at radius 1 is 1.18 bits per heavy atom. The molecule has 5 nitrogen and oxygen atoms in total. The lowest BCUT2D eigenvalue weighted by Crippen LogP contribution is -2.45. The number of H-pyrrole nitrogens is 1. The number of halogens is 2. The molecule has 3 heterocycles. The number of piperidine rings is 1. The van der Waals surface area contributed by atoms with E-state index in [1.807, 2.05) is 29.2 Å². The van der Waals surface area contributed by atoms with Gasteiger partial charge in [0.05, 0.1) is 11.1 Å². The van der Waals surface area contributed by atoms with E-state index in [0.717, 1.165) is 20.9 Å². The summed E-state index contributed by atoms with van der Waals surface area (Å²) in [5, 5.41) is 1.48. The van der Waals surface area contributed by atoms with Crippen molar-refractivity contribution >= 4 is 50.3 Å². The largest absolute Gasteiger partial charge is 0.450 e. The van der Waals surface area contributed by atoms with E-state index in [1.165, 1.54) is 0 Å². The van der Waals surface area contributed by atoms with Crippen LogP contribution < -0.4 is 0 Å². The van der Waals surface area contributed by atoms with E-state index in [2.05, 4.69) is 20.9 Å². The highest BCUT2D eigenvalue weighted by atomic mass is 79.9. The molecule has 0 saturated carbocycles. The first kappa shape index (κ1) is 17.8. The van der Waals surface area contributed by atoms with Crippen LogP contribution in [0.1, 0.15) is 39.1 Å². The number of hydrogen-bond donors (Lipinski definition) is 1. The number of fused-ring (bicyclic) bond motifs is 3. The molecule has 1 amide bonds. The van der Waals surface area contributed by atoms with Gasteiger partial charge in [-0.1, -0.05) is 39.7 Å². The molecular formula is C21H16BrClN2O3. The van der Waals surface area contributed by atoms with E-state index >= 15 is 0 Å². The van der Waals surface area contributed by atoms with E-state index < -0.39 is 5.60 Å². The van der Waals surface area contributed by atoms with Crippen LogP contribution in [0.2, 0.25) is 5.02 Å². The van der Waals surface area contributed by atoms with Crippen LogP contribution in [0, 0.1) is 0 Å². The molecule has 2 aliphatic rings. The van der Waals surface area contributed by atoms with Gasteiger partial charge < -0.3 is 14.6 Å². The summed E-state index contributed by atoms with van der Waals surface area (Å²) in [5.41, 5.74) is 2.39. The highest BCUT2D eigenvalue weighted by molar-refractivity contribution is 9.10. The number of carbonyl (C=O) groups is 2. The number of rotatable bonds is 1. The lowest BCUT2D eigenvalue weighted by atomic mass is 9.83. The van der Waals surface area contributed by atoms with Crippen molar-refractivity contribution in [1.29, 1.82) is 0 Å². The van der Waals surface area contributed by atoms with Crippen molar-refractivity contribution in [3.63, 3.8) is 0 Å². The van der Waals surface area contributed by atoms with E-state index in [4.69, 9.17) is 16.3 Å². The SMILES string of the molecule is O=C1OC2(CCN(C(=O)c3c[nH]c4cc(Cl)ccc34)CC2)c2ccc(Br)cc21. The third-order valence-electron chi connectivity index (χ3n) is 5.71. The zero-order valence-corrected chi connectivity index (χ0v) is 17.1. The highest BCUT2D eigenvalue weighted by Crippen LogP contribution is 2.45. The minimum absolute atomic E-state index is 0.0243. The number of aromatic nitrogens is 1. The summed E-state index contributed by atoms with van der Waals surface area (Å²) < 4.78 is 6.65. The number of carbonyl (C=O) groups excluding carboxylic acids is 2. The van der Waals surface area contributed by atoms with Crippen LogP contribution in [0.3, 0.4) is 0 Å². The summed E-state index contributed by atoms with van der Waals surface area (Å²) in [7, 11) is 0. The standard InChI is InChI=1S/C21H16BrClN2O3/c22-12-1-4-17-15(9-12)20(27)28-21(17)5-7-25(8-6-21)19(26)16-11-24-18-10-13(23)2-3-14(16)18/h1-4,9-11,24H,5-8H2. The fourth-order valence-electron chi connectivity index (χ4n) is 4.26. The smallest absolute Gasteiger partial charge is 0.339 e. The maximum absolute atomic E-state index is 13.1. The van der Waals surface area contributed by atoms with Crippen molar-refractivity contribution in [3.8, 4) is 0 Å². The molecule has 28 heavy (non-hydrogen) atoms. The van der Waals surface area contributed by atoms with Crippen molar-refractivity contribution in [3.05, 3.63) is 68.8 Å². The lowest BCUT2D eigenvalue weighted by Gasteiger charge is -2.38. The molecule has 2 aromatic carbocycles. The summed E-state index contributed by atoms with van der Waals surface area (Å²) in [4.78, 5) is 30.3. The van der Waals surface area contributed by atoms with Crippen LogP contribution in [-0.2, 0) is 10.3 Å². The molecule has 5 rings (SSSR count).